The summed E-state index contributed by atoms with van der Waals surface area (Å²) in [4.78, 5) is 0. The van der Waals surface area contributed by atoms with Crippen molar-refractivity contribution in [2.75, 3.05) is 0 Å². The van der Waals surface area contributed by atoms with Crippen LogP contribution in [0.3, 0.4) is 0 Å². The zero-order valence-electron chi connectivity index (χ0n) is 34.0. The molecule has 0 bridgehead atoms. The van der Waals surface area contributed by atoms with Crippen LogP contribution >= 0.6 is 0 Å². The van der Waals surface area contributed by atoms with Gasteiger partial charge in [0, 0.05) is 32.9 Å². The Labute approximate surface area is 360 Å². The molecule has 0 N–H and O–H groups in total. The van der Waals surface area contributed by atoms with Gasteiger partial charge in [-0.3, -0.25) is 0 Å². The van der Waals surface area contributed by atoms with Crippen LogP contribution < -0.4 is 0 Å². The van der Waals surface area contributed by atoms with E-state index in [4.69, 9.17) is 0 Å². The molecule has 0 saturated carbocycles. The van der Waals surface area contributed by atoms with Crippen molar-refractivity contribution < 1.29 is 0 Å². The minimum Gasteiger partial charge on any atom is -0.309 e. The maximum absolute atomic E-state index is 2.45. The van der Waals surface area contributed by atoms with Crippen molar-refractivity contribution >= 4 is 43.6 Å². The van der Waals surface area contributed by atoms with E-state index < -0.39 is 0 Å². The van der Waals surface area contributed by atoms with Crippen LogP contribution in [0.15, 0.2) is 243 Å². The van der Waals surface area contributed by atoms with Crippen molar-refractivity contribution in [3.8, 4) is 67.0 Å². The highest BCUT2D eigenvalue weighted by atomic mass is 15.0. The Morgan fingerprint density at radius 1 is 0.194 bits per heavy atom. The first-order valence-corrected chi connectivity index (χ1v) is 21.3. The summed E-state index contributed by atoms with van der Waals surface area (Å²) in [5.74, 6) is 0. The van der Waals surface area contributed by atoms with Gasteiger partial charge in [0.1, 0.15) is 0 Å². The summed E-state index contributed by atoms with van der Waals surface area (Å²) in [5.41, 5.74) is 19.1. The normalized spacial score (nSPS) is 11.5. The van der Waals surface area contributed by atoms with E-state index in [0.29, 0.717) is 0 Å². The fourth-order valence-corrected chi connectivity index (χ4v) is 9.59. The lowest BCUT2D eigenvalue weighted by Gasteiger charge is -2.13. The highest BCUT2D eigenvalue weighted by molar-refractivity contribution is 6.13. The quantitative estimate of drug-likeness (QED) is 0.152. The second kappa shape index (κ2) is 14.8. The molecule has 0 saturated heterocycles. The third-order valence-electron chi connectivity index (χ3n) is 12.5. The molecule has 0 unspecified atom stereocenters. The molecule has 0 radical (unpaired) electrons. The average molecular weight is 789 g/mol. The standard InChI is InChI=1S/C60H40N2/c1-4-16-41(17-5-1)44-22-14-24-49(36-44)61-57-29-13-12-28-53(57)55-38-46(31-34-58(55)61)47-32-35-59-56(39-47)54-33-30-48(52-27-11-10-26-51(52)43-20-8-3-9-21-43)40-60(54)62(59)50-25-15-23-45(37-50)42-18-6-2-7-19-42/h1-40H. The molecule has 2 nitrogen and oxygen atoms in total. The summed E-state index contributed by atoms with van der Waals surface area (Å²) < 4.78 is 4.87. The third-order valence-corrected chi connectivity index (χ3v) is 12.5. The largest absolute Gasteiger partial charge is 0.309 e. The average Bonchev–Trinajstić information content (AvgIpc) is 3.86. The Balaban J connectivity index is 1.04. The fourth-order valence-electron chi connectivity index (χ4n) is 9.59. The van der Waals surface area contributed by atoms with E-state index in [-0.39, 0.29) is 0 Å². The van der Waals surface area contributed by atoms with Crippen LogP contribution in [0.1, 0.15) is 0 Å². The van der Waals surface area contributed by atoms with Gasteiger partial charge >= 0.3 is 0 Å². The molecule has 290 valence electrons. The molecule has 0 aliphatic heterocycles. The zero-order valence-corrected chi connectivity index (χ0v) is 34.0. The SMILES string of the molecule is c1ccc(-c2cccc(-n3c4ccccc4c4cc(-c5ccc6c(c5)c5ccc(-c7ccccc7-c7ccccc7)cc5n6-c5cccc(-c6ccccc6)c5)ccc43)c2)cc1. The van der Waals surface area contributed by atoms with Crippen molar-refractivity contribution in [1.82, 2.24) is 9.13 Å². The lowest BCUT2D eigenvalue weighted by atomic mass is 9.94. The van der Waals surface area contributed by atoms with Gasteiger partial charge in [-0.25, -0.2) is 0 Å². The van der Waals surface area contributed by atoms with Gasteiger partial charge in [-0.05, 0) is 116 Å². The van der Waals surface area contributed by atoms with Crippen LogP contribution in [0.2, 0.25) is 0 Å². The van der Waals surface area contributed by atoms with E-state index in [2.05, 4.69) is 252 Å². The van der Waals surface area contributed by atoms with Crippen molar-refractivity contribution in [2.24, 2.45) is 0 Å². The Hall–Kier alpha value is -8.20. The molecule has 0 amide bonds. The summed E-state index contributed by atoms with van der Waals surface area (Å²) in [5, 5.41) is 4.94. The molecule has 12 aromatic rings. The number of rotatable bonds is 7. The van der Waals surface area contributed by atoms with Gasteiger partial charge in [-0.2, -0.15) is 0 Å². The van der Waals surface area contributed by atoms with Gasteiger partial charge < -0.3 is 9.13 Å². The van der Waals surface area contributed by atoms with E-state index in [1.807, 2.05) is 0 Å². The molecule has 2 heteroatoms. The van der Waals surface area contributed by atoms with E-state index in [0.717, 1.165) is 11.4 Å². The number of benzene rings is 10. The highest BCUT2D eigenvalue weighted by Crippen LogP contribution is 2.41. The van der Waals surface area contributed by atoms with Crippen LogP contribution in [0.25, 0.3) is 111 Å². The van der Waals surface area contributed by atoms with Crippen LogP contribution in [0.4, 0.5) is 0 Å². The Bertz CT molecular complexity index is 3610. The smallest absolute Gasteiger partial charge is 0.0547 e. The highest BCUT2D eigenvalue weighted by Gasteiger charge is 2.18. The molecule has 0 fully saturated rings. The van der Waals surface area contributed by atoms with Gasteiger partial charge in [0.25, 0.3) is 0 Å². The second-order valence-electron chi connectivity index (χ2n) is 16.1. The summed E-state index contributed by atoms with van der Waals surface area (Å²) in [6.07, 6.45) is 0. The molecule has 10 aromatic carbocycles. The molecule has 62 heavy (non-hydrogen) atoms. The van der Waals surface area contributed by atoms with E-state index in [1.165, 1.54) is 99.2 Å². The molecule has 0 spiro atoms. The van der Waals surface area contributed by atoms with Gasteiger partial charge in [-0.15, -0.1) is 0 Å². The van der Waals surface area contributed by atoms with Crippen LogP contribution in [0, 0.1) is 0 Å². The van der Waals surface area contributed by atoms with E-state index >= 15 is 0 Å². The van der Waals surface area contributed by atoms with Gasteiger partial charge in [0.05, 0.1) is 22.1 Å². The fraction of sp³-hybridized carbons (Fsp3) is 0. The first-order valence-electron chi connectivity index (χ1n) is 21.3. The minimum atomic E-state index is 1.14. The van der Waals surface area contributed by atoms with Crippen molar-refractivity contribution in [3.63, 3.8) is 0 Å². The molecular formula is C60H40N2. The molecule has 12 rings (SSSR count). The molecule has 0 aliphatic rings. The monoisotopic (exact) mass is 788 g/mol. The number of nitrogens with zero attached hydrogens (tertiary/aromatic N) is 2. The second-order valence-corrected chi connectivity index (χ2v) is 16.1. The van der Waals surface area contributed by atoms with Gasteiger partial charge in [0.2, 0.25) is 0 Å². The maximum Gasteiger partial charge on any atom is 0.0547 e. The van der Waals surface area contributed by atoms with Crippen molar-refractivity contribution in [3.05, 3.63) is 243 Å². The van der Waals surface area contributed by atoms with Crippen molar-refractivity contribution in [2.45, 2.75) is 0 Å². The number of para-hydroxylation sites is 1. The first kappa shape index (κ1) is 35.7. The summed E-state index contributed by atoms with van der Waals surface area (Å²) >= 11 is 0. The molecular weight excluding hydrogens is 749 g/mol. The number of hydrogen-bond acceptors (Lipinski definition) is 0. The molecule has 0 aliphatic carbocycles. The topological polar surface area (TPSA) is 9.86 Å². The van der Waals surface area contributed by atoms with E-state index in [9.17, 15) is 0 Å². The number of fused-ring (bicyclic) bond motifs is 6. The Kier molecular flexibility index (Phi) is 8.53. The molecule has 2 aromatic heterocycles. The third kappa shape index (κ3) is 6.04. The minimum absolute atomic E-state index is 1.14. The zero-order chi connectivity index (χ0) is 41.0. The summed E-state index contributed by atoms with van der Waals surface area (Å²) in [7, 11) is 0. The van der Waals surface area contributed by atoms with Crippen LogP contribution in [-0.2, 0) is 0 Å². The molecule has 2 heterocycles. The van der Waals surface area contributed by atoms with Gasteiger partial charge in [0.15, 0.2) is 0 Å². The predicted octanol–water partition coefficient (Wildman–Crippen LogP) is 16.2. The lowest BCUT2D eigenvalue weighted by molar-refractivity contribution is 1.18. The number of aromatic nitrogens is 2. The Morgan fingerprint density at radius 3 is 1.18 bits per heavy atom. The lowest BCUT2D eigenvalue weighted by Crippen LogP contribution is -1.95. The van der Waals surface area contributed by atoms with Crippen LogP contribution in [-0.4, -0.2) is 9.13 Å². The summed E-state index contributed by atoms with van der Waals surface area (Å²) in [6, 6.07) is 88.4. The van der Waals surface area contributed by atoms with E-state index in [1.54, 1.807) is 0 Å². The molecule has 0 atom stereocenters. The Morgan fingerprint density at radius 2 is 0.597 bits per heavy atom. The first-order chi connectivity index (χ1) is 30.7. The predicted molar refractivity (Wildman–Crippen MR) is 262 cm³/mol. The van der Waals surface area contributed by atoms with Gasteiger partial charge in [-0.1, -0.05) is 182 Å². The maximum atomic E-state index is 2.45. The van der Waals surface area contributed by atoms with Crippen LogP contribution in [0.5, 0.6) is 0 Å². The van der Waals surface area contributed by atoms with Crippen molar-refractivity contribution in [1.29, 1.82) is 0 Å². The summed E-state index contributed by atoms with van der Waals surface area (Å²) in [6.45, 7) is 0. The number of hydrogen-bond donors (Lipinski definition) is 0.